The number of allylic oxidation sites excluding steroid dienone is 1. The highest BCUT2D eigenvalue weighted by Gasteiger charge is 2.10. The third kappa shape index (κ3) is 3.34. The molecular weight excluding hydrogens is 206 g/mol. The van der Waals surface area contributed by atoms with Gasteiger partial charge in [0.05, 0.1) is 4.92 Å². The number of pyridine rings is 1. The highest BCUT2D eigenvalue weighted by Crippen LogP contribution is 2.18. The van der Waals surface area contributed by atoms with E-state index in [1.165, 1.54) is 11.8 Å². The highest BCUT2D eigenvalue weighted by molar-refractivity contribution is 5.47. The Labute approximate surface area is 94.4 Å². The first-order valence-corrected chi connectivity index (χ1v) is 4.99. The lowest BCUT2D eigenvalue weighted by molar-refractivity contribution is -0.385. The summed E-state index contributed by atoms with van der Waals surface area (Å²) < 4.78 is 0. The van der Waals surface area contributed by atoms with Crippen molar-refractivity contribution in [1.29, 1.82) is 0 Å². The van der Waals surface area contributed by atoms with Gasteiger partial charge in [0.25, 0.3) is 5.69 Å². The van der Waals surface area contributed by atoms with E-state index in [1.807, 2.05) is 19.9 Å². The number of nitrogens with one attached hydrogen (secondary N) is 1. The Bertz CT molecular complexity index is 423. The number of aromatic nitrogens is 1. The number of aryl methyl sites for hydroxylation is 1. The maximum atomic E-state index is 10.6. The fraction of sp³-hybridized carbons (Fsp3) is 0.364. The summed E-state index contributed by atoms with van der Waals surface area (Å²) >= 11 is 0. The summed E-state index contributed by atoms with van der Waals surface area (Å²) in [6.45, 7) is 6.39. The number of rotatable bonds is 4. The lowest BCUT2D eigenvalue weighted by atomic mass is 10.2. The molecule has 0 atom stereocenters. The molecule has 1 aromatic heterocycles. The fourth-order valence-electron chi connectivity index (χ4n) is 1.20. The van der Waals surface area contributed by atoms with Crippen LogP contribution in [0.3, 0.4) is 0 Å². The summed E-state index contributed by atoms with van der Waals surface area (Å²) in [7, 11) is 0. The summed E-state index contributed by atoms with van der Waals surface area (Å²) in [6.07, 6.45) is 3.30. The van der Waals surface area contributed by atoms with E-state index in [4.69, 9.17) is 0 Å². The number of hydrogen-bond acceptors (Lipinski definition) is 4. The number of nitro groups is 1. The Balaban J connectivity index is 2.74. The van der Waals surface area contributed by atoms with Crippen molar-refractivity contribution in [2.45, 2.75) is 20.8 Å². The van der Waals surface area contributed by atoms with Gasteiger partial charge in [0.2, 0.25) is 0 Å². The molecule has 5 heteroatoms. The van der Waals surface area contributed by atoms with Crippen LogP contribution in [0.4, 0.5) is 11.5 Å². The molecule has 0 saturated carbocycles. The first-order valence-electron chi connectivity index (χ1n) is 4.99. The van der Waals surface area contributed by atoms with Crippen LogP contribution in [0, 0.1) is 17.0 Å². The number of nitrogens with zero attached hydrogens (tertiary/aromatic N) is 2. The molecule has 0 fully saturated rings. The van der Waals surface area contributed by atoms with Crippen LogP contribution in [0.15, 0.2) is 23.9 Å². The van der Waals surface area contributed by atoms with Crippen LogP contribution in [0.2, 0.25) is 0 Å². The van der Waals surface area contributed by atoms with Crippen molar-refractivity contribution in [3.05, 3.63) is 39.6 Å². The van der Waals surface area contributed by atoms with Crippen molar-refractivity contribution in [1.82, 2.24) is 4.98 Å². The maximum absolute atomic E-state index is 10.6. The molecule has 0 spiro atoms. The Morgan fingerprint density at radius 3 is 2.81 bits per heavy atom. The van der Waals surface area contributed by atoms with Crippen LogP contribution in [-0.2, 0) is 0 Å². The first-order chi connectivity index (χ1) is 7.50. The minimum Gasteiger partial charge on any atom is -0.367 e. The van der Waals surface area contributed by atoms with Gasteiger partial charge in [-0.15, -0.1) is 0 Å². The second-order valence-electron chi connectivity index (χ2n) is 3.78. The van der Waals surface area contributed by atoms with Gasteiger partial charge >= 0.3 is 0 Å². The fourth-order valence-corrected chi connectivity index (χ4v) is 1.20. The van der Waals surface area contributed by atoms with Crippen molar-refractivity contribution in [2.75, 3.05) is 11.9 Å². The van der Waals surface area contributed by atoms with E-state index in [0.717, 1.165) is 0 Å². The van der Waals surface area contributed by atoms with Gasteiger partial charge in [-0.1, -0.05) is 11.6 Å². The third-order valence-electron chi connectivity index (χ3n) is 2.07. The molecule has 5 nitrogen and oxygen atoms in total. The highest BCUT2D eigenvalue weighted by atomic mass is 16.6. The summed E-state index contributed by atoms with van der Waals surface area (Å²) in [4.78, 5) is 14.1. The lowest BCUT2D eigenvalue weighted by Crippen LogP contribution is -2.02. The van der Waals surface area contributed by atoms with Crippen LogP contribution in [0.25, 0.3) is 0 Å². The molecule has 1 rings (SSSR count). The zero-order valence-corrected chi connectivity index (χ0v) is 9.65. The molecule has 86 valence electrons. The zero-order chi connectivity index (χ0) is 12.1. The van der Waals surface area contributed by atoms with Crippen LogP contribution >= 0.6 is 0 Å². The maximum Gasteiger partial charge on any atom is 0.290 e. The summed E-state index contributed by atoms with van der Waals surface area (Å²) in [6, 6.07) is 1.68. The SMILES string of the molecule is CC(C)=CCNc1cc(C)c([N+](=O)[O-])cn1. The standard InChI is InChI=1S/C11H15N3O2/c1-8(2)4-5-12-11-6-9(3)10(7-13-11)14(15)16/h4,6-7H,5H2,1-3H3,(H,12,13). The van der Waals surface area contributed by atoms with Crippen LogP contribution < -0.4 is 5.32 Å². The van der Waals surface area contributed by atoms with E-state index in [-0.39, 0.29) is 5.69 Å². The first kappa shape index (κ1) is 12.2. The average molecular weight is 221 g/mol. The minimum absolute atomic E-state index is 0.0489. The summed E-state index contributed by atoms with van der Waals surface area (Å²) in [5, 5.41) is 13.6. The van der Waals surface area contributed by atoms with E-state index < -0.39 is 4.92 Å². The summed E-state index contributed by atoms with van der Waals surface area (Å²) in [5.41, 5.74) is 1.87. The van der Waals surface area contributed by atoms with Gasteiger partial charge in [0.1, 0.15) is 12.0 Å². The smallest absolute Gasteiger partial charge is 0.290 e. The second-order valence-corrected chi connectivity index (χ2v) is 3.78. The molecule has 0 aliphatic rings. The molecule has 0 aliphatic carbocycles. The molecule has 0 unspecified atom stereocenters. The Morgan fingerprint density at radius 2 is 2.31 bits per heavy atom. The topological polar surface area (TPSA) is 68.1 Å². The molecule has 0 saturated heterocycles. The summed E-state index contributed by atoms with van der Waals surface area (Å²) in [5.74, 6) is 0.653. The molecule has 1 heterocycles. The average Bonchev–Trinajstić information content (AvgIpc) is 2.16. The third-order valence-corrected chi connectivity index (χ3v) is 2.07. The molecule has 0 amide bonds. The number of anilines is 1. The van der Waals surface area contributed by atoms with E-state index in [9.17, 15) is 10.1 Å². The minimum atomic E-state index is -0.428. The predicted octanol–water partition coefficient (Wildman–Crippen LogP) is 2.68. The van der Waals surface area contributed by atoms with Crippen molar-refractivity contribution < 1.29 is 4.92 Å². The molecular formula is C11H15N3O2. The van der Waals surface area contributed by atoms with Crippen molar-refractivity contribution in [2.24, 2.45) is 0 Å². The van der Waals surface area contributed by atoms with Crippen LogP contribution in [0.1, 0.15) is 19.4 Å². The van der Waals surface area contributed by atoms with E-state index in [1.54, 1.807) is 13.0 Å². The Morgan fingerprint density at radius 1 is 1.62 bits per heavy atom. The molecule has 0 aliphatic heterocycles. The van der Waals surface area contributed by atoms with Crippen LogP contribution in [-0.4, -0.2) is 16.5 Å². The van der Waals surface area contributed by atoms with E-state index in [2.05, 4.69) is 10.3 Å². The van der Waals surface area contributed by atoms with Gasteiger partial charge in [-0.2, -0.15) is 0 Å². The second kappa shape index (κ2) is 5.25. The molecule has 1 N–H and O–H groups in total. The zero-order valence-electron chi connectivity index (χ0n) is 9.65. The van der Waals surface area contributed by atoms with Crippen molar-refractivity contribution >= 4 is 11.5 Å². The van der Waals surface area contributed by atoms with Crippen LogP contribution in [0.5, 0.6) is 0 Å². The normalized spacial score (nSPS) is 9.69. The lowest BCUT2D eigenvalue weighted by Gasteiger charge is -2.04. The number of hydrogen-bond donors (Lipinski definition) is 1. The molecule has 16 heavy (non-hydrogen) atoms. The van der Waals surface area contributed by atoms with Gasteiger partial charge in [-0.05, 0) is 26.8 Å². The van der Waals surface area contributed by atoms with Gasteiger partial charge < -0.3 is 5.32 Å². The van der Waals surface area contributed by atoms with Gasteiger partial charge in [-0.25, -0.2) is 4.98 Å². The van der Waals surface area contributed by atoms with Crippen molar-refractivity contribution in [3.63, 3.8) is 0 Å². The molecule has 0 radical (unpaired) electrons. The van der Waals surface area contributed by atoms with Crippen molar-refractivity contribution in [3.8, 4) is 0 Å². The van der Waals surface area contributed by atoms with E-state index in [0.29, 0.717) is 17.9 Å². The largest absolute Gasteiger partial charge is 0.367 e. The Hall–Kier alpha value is -1.91. The van der Waals surface area contributed by atoms with Gasteiger partial charge in [0, 0.05) is 12.1 Å². The van der Waals surface area contributed by atoms with E-state index >= 15 is 0 Å². The van der Waals surface area contributed by atoms with Gasteiger partial charge in [0.15, 0.2) is 0 Å². The predicted molar refractivity (Wildman–Crippen MR) is 63.5 cm³/mol. The monoisotopic (exact) mass is 221 g/mol. The Kier molecular flexibility index (Phi) is 3.99. The quantitative estimate of drug-likeness (QED) is 0.482. The molecule has 0 aromatic carbocycles. The van der Waals surface area contributed by atoms with Gasteiger partial charge in [-0.3, -0.25) is 10.1 Å². The molecule has 0 bridgehead atoms. The molecule has 1 aromatic rings.